The van der Waals surface area contributed by atoms with Crippen molar-refractivity contribution in [2.24, 2.45) is 5.92 Å². The van der Waals surface area contributed by atoms with Crippen molar-refractivity contribution >= 4 is 18.0 Å². The van der Waals surface area contributed by atoms with Crippen LogP contribution in [0.3, 0.4) is 0 Å². The molecule has 0 bridgehead atoms. The highest BCUT2D eigenvalue weighted by molar-refractivity contribution is 5.85. The zero-order chi connectivity index (χ0) is 16.0. The Morgan fingerprint density at radius 2 is 2.00 bits per heavy atom. The van der Waals surface area contributed by atoms with E-state index in [1.54, 1.807) is 6.92 Å². The second-order valence-corrected chi connectivity index (χ2v) is 5.22. The molecule has 7 nitrogen and oxygen atoms in total. The van der Waals surface area contributed by atoms with Gasteiger partial charge >= 0.3 is 18.0 Å². The van der Waals surface area contributed by atoms with E-state index in [2.05, 4.69) is 4.74 Å². The van der Waals surface area contributed by atoms with Crippen LogP contribution >= 0.6 is 0 Å². The molecule has 0 aromatic rings. The molecule has 1 fully saturated rings. The van der Waals surface area contributed by atoms with Crippen molar-refractivity contribution in [3.05, 3.63) is 0 Å². The molecule has 0 spiro atoms. The topological polar surface area (TPSA) is 87.2 Å². The number of likely N-dealkylation sites (tertiary alicyclic amines) is 1. The first-order chi connectivity index (χ1) is 9.94. The molecule has 1 rings (SSSR count). The predicted octanol–water partition coefficient (Wildman–Crippen LogP) is 1.18. The van der Waals surface area contributed by atoms with Gasteiger partial charge in [0.05, 0.1) is 7.11 Å². The highest BCUT2D eigenvalue weighted by Crippen LogP contribution is 2.26. The van der Waals surface area contributed by atoms with Crippen LogP contribution < -0.4 is 0 Å². The van der Waals surface area contributed by atoms with Crippen LogP contribution in [0, 0.1) is 5.92 Å². The fourth-order valence-electron chi connectivity index (χ4n) is 2.59. The molecular weight excluding hydrogens is 276 g/mol. The van der Waals surface area contributed by atoms with Crippen LogP contribution in [0.1, 0.15) is 33.1 Å². The molecule has 120 valence electrons. The van der Waals surface area contributed by atoms with E-state index in [-0.39, 0.29) is 6.54 Å². The number of carbonyl (C=O) groups is 3. The van der Waals surface area contributed by atoms with Gasteiger partial charge in [-0.25, -0.2) is 9.59 Å². The van der Waals surface area contributed by atoms with Gasteiger partial charge in [0, 0.05) is 13.1 Å². The standard InChI is InChI=1S/C14H24N2O5/c1-4-10-6-7-16(11(8-10)13(18)19)14(20)15(5-2)9-12(17)21-3/h10-11H,4-9H2,1-3H3,(H,18,19). The molecule has 0 aromatic heterocycles. The van der Waals surface area contributed by atoms with Crippen molar-refractivity contribution in [2.45, 2.75) is 39.2 Å². The number of nitrogens with zero attached hydrogens (tertiary/aromatic N) is 2. The molecule has 0 aliphatic carbocycles. The number of hydrogen-bond donors (Lipinski definition) is 1. The first-order valence-electron chi connectivity index (χ1n) is 7.29. The fourth-order valence-corrected chi connectivity index (χ4v) is 2.59. The average Bonchev–Trinajstić information content (AvgIpc) is 2.50. The smallest absolute Gasteiger partial charge is 0.326 e. The quantitative estimate of drug-likeness (QED) is 0.770. The van der Waals surface area contributed by atoms with Crippen molar-refractivity contribution in [2.75, 3.05) is 26.7 Å². The van der Waals surface area contributed by atoms with Gasteiger partial charge in [-0.2, -0.15) is 0 Å². The van der Waals surface area contributed by atoms with E-state index in [4.69, 9.17) is 0 Å². The molecule has 2 amide bonds. The summed E-state index contributed by atoms with van der Waals surface area (Å²) in [5, 5.41) is 9.35. The van der Waals surface area contributed by atoms with Crippen LogP contribution in [-0.2, 0) is 14.3 Å². The molecule has 0 saturated carbocycles. The van der Waals surface area contributed by atoms with Gasteiger partial charge < -0.3 is 19.6 Å². The summed E-state index contributed by atoms with van der Waals surface area (Å²) in [6.45, 7) is 4.35. The first kappa shape index (κ1) is 17.3. The third-order valence-corrected chi connectivity index (χ3v) is 4.02. The Bertz CT molecular complexity index is 399. The molecule has 1 heterocycles. The van der Waals surface area contributed by atoms with E-state index in [0.29, 0.717) is 25.4 Å². The van der Waals surface area contributed by atoms with Gasteiger partial charge in [-0.1, -0.05) is 13.3 Å². The fraction of sp³-hybridized carbons (Fsp3) is 0.786. The van der Waals surface area contributed by atoms with Gasteiger partial charge in [0.1, 0.15) is 12.6 Å². The minimum atomic E-state index is -0.990. The highest BCUT2D eigenvalue weighted by atomic mass is 16.5. The Balaban J connectivity index is 2.82. The van der Waals surface area contributed by atoms with E-state index in [1.807, 2.05) is 6.92 Å². The van der Waals surface area contributed by atoms with Gasteiger partial charge in [-0.15, -0.1) is 0 Å². The number of carboxylic acid groups (broad SMARTS) is 1. The van der Waals surface area contributed by atoms with Crippen LogP contribution in [0.25, 0.3) is 0 Å². The Morgan fingerprint density at radius 3 is 2.48 bits per heavy atom. The summed E-state index contributed by atoms with van der Waals surface area (Å²) in [4.78, 5) is 37.9. The second kappa shape index (κ2) is 7.85. The van der Waals surface area contributed by atoms with Crippen LogP contribution in [0.4, 0.5) is 4.79 Å². The molecule has 0 aromatic carbocycles. The zero-order valence-corrected chi connectivity index (χ0v) is 12.9. The number of urea groups is 1. The SMILES string of the molecule is CCC1CCN(C(=O)N(CC)CC(=O)OC)C(C(=O)O)C1. The molecule has 1 aliphatic rings. The lowest BCUT2D eigenvalue weighted by Crippen LogP contribution is -2.55. The first-order valence-corrected chi connectivity index (χ1v) is 7.29. The number of rotatable bonds is 5. The Hall–Kier alpha value is -1.79. The van der Waals surface area contributed by atoms with E-state index in [0.717, 1.165) is 12.8 Å². The van der Waals surface area contributed by atoms with Crippen molar-refractivity contribution < 1.29 is 24.2 Å². The van der Waals surface area contributed by atoms with E-state index < -0.39 is 24.0 Å². The van der Waals surface area contributed by atoms with Gasteiger partial charge in [0.25, 0.3) is 0 Å². The number of ether oxygens (including phenoxy) is 1. The van der Waals surface area contributed by atoms with Crippen molar-refractivity contribution in [1.82, 2.24) is 9.80 Å². The molecule has 1 saturated heterocycles. The number of esters is 1. The average molecular weight is 300 g/mol. The third-order valence-electron chi connectivity index (χ3n) is 4.02. The molecule has 7 heteroatoms. The Morgan fingerprint density at radius 1 is 1.33 bits per heavy atom. The van der Waals surface area contributed by atoms with Crippen LogP contribution in [-0.4, -0.2) is 65.7 Å². The normalized spacial score (nSPS) is 21.8. The van der Waals surface area contributed by atoms with E-state index >= 15 is 0 Å². The maximum absolute atomic E-state index is 12.5. The number of hydrogen-bond acceptors (Lipinski definition) is 4. The number of methoxy groups -OCH3 is 1. The highest BCUT2D eigenvalue weighted by Gasteiger charge is 2.37. The molecule has 1 N–H and O–H groups in total. The summed E-state index contributed by atoms with van der Waals surface area (Å²) in [5.74, 6) is -1.18. The molecule has 0 radical (unpaired) electrons. The minimum Gasteiger partial charge on any atom is -0.480 e. The molecule has 2 unspecified atom stereocenters. The number of piperidine rings is 1. The van der Waals surface area contributed by atoms with Gasteiger partial charge in [-0.3, -0.25) is 4.79 Å². The summed E-state index contributed by atoms with van der Waals surface area (Å²) in [7, 11) is 1.26. The molecule has 2 atom stereocenters. The third kappa shape index (κ3) is 4.34. The summed E-state index contributed by atoms with van der Waals surface area (Å²) >= 11 is 0. The number of carbonyl (C=O) groups excluding carboxylic acids is 2. The Kier molecular flexibility index (Phi) is 6.45. The Labute approximate surface area is 124 Å². The van der Waals surface area contributed by atoms with Crippen LogP contribution in [0.5, 0.6) is 0 Å². The summed E-state index contributed by atoms with van der Waals surface area (Å²) in [6.07, 6.45) is 2.17. The number of carboxylic acids is 1. The lowest BCUT2D eigenvalue weighted by Gasteiger charge is -2.39. The lowest BCUT2D eigenvalue weighted by atomic mass is 9.89. The molecular formula is C14H24N2O5. The van der Waals surface area contributed by atoms with Gasteiger partial charge in [0.2, 0.25) is 0 Å². The largest absolute Gasteiger partial charge is 0.480 e. The minimum absolute atomic E-state index is 0.161. The number of aliphatic carboxylic acids is 1. The lowest BCUT2D eigenvalue weighted by molar-refractivity contribution is -0.144. The maximum atomic E-state index is 12.5. The number of amides is 2. The van der Waals surface area contributed by atoms with E-state index in [9.17, 15) is 19.5 Å². The van der Waals surface area contributed by atoms with Crippen molar-refractivity contribution in [1.29, 1.82) is 0 Å². The van der Waals surface area contributed by atoms with Crippen molar-refractivity contribution in [3.8, 4) is 0 Å². The van der Waals surface area contributed by atoms with E-state index in [1.165, 1.54) is 16.9 Å². The maximum Gasteiger partial charge on any atom is 0.326 e. The number of likely N-dealkylation sites (N-methyl/N-ethyl adjacent to an activating group) is 1. The van der Waals surface area contributed by atoms with Crippen LogP contribution in [0.2, 0.25) is 0 Å². The van der Waals surface area contributed by atoms with Crippen molar-refractivity contribution in [3.63, 3.8) is 0 Å². The second-order valence-electron chi connectivity index (χ2n) is 5.22. The molecule has 1 aliphatic heterocycles. The van der Waals surface area contributed by atoms with Gasteiger partial charge in [-0.05, 0) is 25.7 Å². The summed E-state index contributed by atoms with van der Waals surface area (Å²) in [5.41, 5.74) is 0. The predicted molar refractivity (Wildman–Crippen MR) is 75.8 cm³/mol. The zero-order valence-electron chi connectivity index (χ0n) is 12.9. The molecule has 21 heavy (non-hydrogen) atoms. The van der Waals surface area contributed by atoms with Crippen LogP contribution in [0.15, 0.2) is 0 Å². The summed E-state index contributed by atoms with van der Waals surface area (Å²) < 4.78 is 4.56. The summed E-state index contributed by atoms with van der Waals surface area (Å²) in [6, 6.07) is -1.23. The van der Waals surface area contributed by atoms with Gasteiger partial charge in [0.15, 0.2) is 0 Å². The monoisotopic (exact) mass is 300 g/mol.